The van der Waals surface area contributed by atoms with E-state index in [1.807, 2.05) is 38.1 Å². The summed E-state index contributed by atoms with van der Waals surface area (Å²) in [5.74, 6) is 0.183. The fourth-order valence-electron chi connectivity index (χ4n) is 2.71. The third kappa shape index (κ3) is 4.03. The van der Waals surface area contributed by atoms with Gasteiger partial charge in [0.25, 0.3) is 0 Å². The Labute approximate surface area is 126 Å². The number of hydrogen-bond donors (Lipinski definition) is 3. The van der Waals surface area contributed by atoms with Crippen LogP contribution >= 0.6 is 0 Å². The number of nitrogens with one attached hydrogen (secondary N) is 1. The second-order valence-corrected chi connectivity index (χ2v) is 5.90. The number of nitrogens with zero attached hydrogens (tertiary/aromatic N) is 1. The minimum Gasteiger partial charge on any atom is -0.393 e. The summed E-state index contributed by atoms with van der Waals surface area (Å²) in [4.78, 5) is 14.5. The fraction of sp³-hybridized carbons (Fsp3) is 0.562. The Morgan fingerprint density at radius 3 is 3.00 bits per heavy atom. The molecule has 1 aromatic carbocycles. The Morgan fingerprint density at radius 1 is 1.57 bits per heavy atom. The first-order valence-electron chi connectivity index (χ1n) is 7.53. The van der Waals surface area contributed by atoms with Crippen molar-refractivity contribution in [3.05, 3.63) is 29.8 Å². The first-order chi connectivity index (χ1) is 10.0. The third-order valence-corrected chi connectivity index (χ3v) is 4.25. The Hall–Kier alpha value is -1.43. The molecule has 1 aliphatic heterocycles. The van der Waals surface area contributed by atoms with Crippen molar-refractivity contribution in [3.63, 3.8) is 0 Å². The van der Waals surface area contributed by atoms with Crippen LogP contribution in [0.15, 0.2) is 24.3 Å². The molecule has 5 nitrogen and oxygen atoms in total. The van der Waals surface area contributed by atoms with Gasteiger partial charge in [0.05, 0.1) is 12.1 Å². The number of amides is 1. The lowest BCUT2D eigenvalue weighted by atomic mass is 9.95. The lowest BCUT2D eigenvalue weighted by molar-refractivity contribution is -0.122. The average molecular weight is 291 g/mol. The summed E-state index contributed by atoms with van der Waals surface area (Å²) in [5.41, 5.74) is 7.38. The van der Waals surface area contributed by atoms with Crippen molar-refractivity contribution in [2.75, 3.05) is 18.4 Å². The van der Waals surface area contributed by atoms with Crippen LogP contribution in [-0.4, -0.2) is 41.1 Å². The highest BCUT2D eigenvalue weighted by Gasteiger charge is 2.29. The molecular formula is C16H25N3O2. The number of hydrogen-bond acceptors (Lipinski definition) is 4. The Bertz CT molecular complexity index is 492. The summed E-state index contributed by atoms with van der Waals surface area (Å²) in [7, 11) is 0. The number of carbonyl (C=O) groups excluding carboxylic acids is 1. The maximum Gasteiger partial charge on any atom is 0.241 e. The molecule has 2 rings (SSSR count). The predicted octanol–water partition coefficient (Wildman–Crippen LogP) is 1.18. The van der Waals surface area contributed by atoms with Crippen LogP contribution < -0.4 is 11.1 Å². The second kappa shape index (κ2) is 7.02. The highest BCUT2D eigenvalue weighted by Crippen LogP contribution is 2.19. The van der Waals surface area contributed by atoms with Gasteiger partial charge in [-0.3, -0.25) is 9.69 Å². The van der Waals surface area contributed by atoms with Gasteiger partial charge in [0.15, 0.2) is 0 Å². The van der Waals surface area contributed by atoms with Crippen LogP contribution in [0.5, 0.6) is 0 Å². The van der Waals surface area contributed by atoms with Crippen LogP contribution in [0, 0.1) is 5.92 Å². The molecule has 116 valence electrons. The maximum absolute atomic E-state index is 12.4. The number of nitrogens with two attached hydrogens (primary N) is 1. The number of piperidine rings is 1. The Morgan fingerprint density at radius 2 is 2.33 bits per heavy atom. The van der Waals surface area contributed by atoms with Crippen molar-refractivity contribution < 1.29 is 9.90 Å². The van der Waals surface area contributed by atoms with E-state index in [0.717, 1.165) is 30.8 Å². The number of aliphatic hydroxyl groups excluding tert-OH is 1. The van der Waals surface area contributed by atoms with Crippen molar-refractivity contribution in [2.45, 2.75) is 39.0 Å². The third-order valence-electron chi connectivity index (χ3n) is 4.25. The molecule has 1 aromatic rings. The summed E-state index contributed by atoms with van der Waals surface area (Å²) < 4.78 is 0. The number of aliphatic hydroxyl groups is 1. The van der Waals surface area contributed by atoms with E-state index in [9.17, 15) is 9.90 Å². The summed E-state index contributed by atoms with van der Waals surface area (Å²) >= 11 is 0. The minimum absolute atomic E-state index is 0.0206. The smallest absolute Gasteiger partial charge is 0.241 e. The normalized spacial score (nSPS) is 24.6. The second-order valence-electron chi connectivity index (χ2n) is 5.90. The Kier molecular flexibility index (Phi) is 5.33. The van der Waals surface area contributed by atoms with E-state index in [2.05, 4.69) is 10.2 Å². The van der Waals surface area contributed by atoms with E-state index in [4.69, 9.17) is 5.73 Å². The molecule has 1 heterocycles. The number of anilines is 1. The summed E-state index contributed by atoms with van der Waals surface area (Å²) in [5, 5.41) is 12.7. The van der Waals surface area contributed by atoms with Crippen molar-refractivity contribution in [1.29, 1.82) is 0 Å². The SMILES string of the molecule is CC1CN(C(C)C(=O)Nc2cccc(CN)c2)CCC1O. The molecule has 1 saturated heterocycles. The lowest BCUT2D eigenvalue weighted by Gasteiger charge is -2.37. The number of rotatable bonds is 4. The molecule has 1 aliphatic rings. The highest BCUT2D eigenvalue weighted by atomic mass is 16.3. The van der Waals surface area contributed by atoms with Crippen LogP contribution in [0.2, 0.25) is 0 Å². The molecular weight excluding hydrogens is 266 g/mol. The van der Waals surface area contributed by atoms with Crippen LogP contribution in [0.3, 0.4) is 0 Å². The minimum atomic E-state index is -0.252. The predicted molar refractivity (Wildman–Crippen MR) is 83.8 cm³/mol. The van der Waals surface area contributed by atoms with E-state index in [1.54, 1.807) is 0 Å². The Balaban J connectivity index is 1.96. The highest BCUT2D eigenvalue weighted by molar-refractivity contribution is 5.94. The van der Waals surface area contributed by atoms with Gasteiger partial charge in [0.2, 0.25) is 5.91 Å². The molecule has 5 heteroatoms. The molecule has 0 saturated carbocycles. The largest absolute Gasteiger partial charge is 0.393 e. The first-order valence-corrected chi connectivity index (χ1v) is 7.53. The van der Waals surface area contributed by atoms with E-state index in [-0.39, 0.29) is 24.0 Å². The van der Waals surface area contributed by atoms with Crippen molar-refractivity contribution >= 4 is 11.6 Å². The quantitative estimate of drug-likeness (QED) is 0.778. The number of carbonyl (C=O) groups is 1. The van der Waals surface area contributed by atoms with Crippen LogP contribution in [0.25, 0.3) is 0 Å². The molecule has 3 atom stereocenters. The molecule has 0 bridgehead atoms. The zero-order chi connectivity index (χ0) is 15.4. The zero-order valence-electron chi connectivity index (χ0n) is 12.7. The van der Waals surface area contributed by atoms with Gasteiger partial charge >= 0.3 is 0 Å². The first kappa shape index (κ1) is 15.9. The van der Waals surface area contributed by atoms with Crippen molar-refractivity contribution in [1.82, 2.24) is 4.90 Å². The van der Waals surface area contributed by atoms with E-state index >= 15 is 0 Å². The van der Waals surface area contributed by atoms with Gasteiger partial charge in [-0.15, -0.1) is 0 Å². The van der Waals surface area contributed by atoms with E-state index in [1.165, 1.54) is 0 Å². The maximum atomic E-state index is 12.4. The van der Waals surface area contributed by atoms with Gasteiger partial charge in [-0.1, -0.05) is 19.1 Å². The topological polar surface area (TPSA) is 78.6 Å². The molecule has 0 aliphatic carbocycles. The van der Waals surface area contributed by atoms with Gasteiger partial charge in [-0.05, 0) is 37.0 Å². The number of likely N-dealkylation sites (tertiary alicyclic amines) is 1. The van der Waals surface area contributed by atoms with Gasteiger partial charge in [-0.2, -0.15) is 0 Å². The monoisotopic (exact) mass is 291 g/mol. The van der Waals surface area contributed by atoms with Gasteiger partial charge < -0.3 is 16.2 Å². The molecule has 21 heavy (non-hydrogen) atoms. The molecule has 4 N–H and O–H groups in total. The molecule has 0 spiro atoms. The lowest BCUT2D eigenvalue weighted by Crippen LogP contribution is -2.50. The van der Waals surface area contributed by atoms with Crippen LogP contribution in [-0.2, 0) is 11.3 Å². The summed E-state index contributed by atoms with van der Waals surface area (Å²) in [6.45, 7) is 5.89. The molecule has 1 amide bonds. The standard InChI is InChI=1S/C16H25N3O2/c1-11-10-19(7-6-15(11)20)12(2)16(21)18-14-5-3-4-13(8-14)9-17/h3-5,8,11-12,15,20H,6-7,9-10,17H2,1-2H3,(H,18,21). The van der Waals surface area contributed by atoms with Crippen LogP contribution in [0.1, 0.15) is 25.8 Å². The average Bonchev–Trinajstić information content (AvgIpc) is 2.49. The van der Waals surface area contributed by atoms with Crippen molar-refractivity contribution in [3.8, 4) is 0 Å². The fourth-order valence-corrected chi connectivity index (χ4v) is 2.71. The zero-order valence-corrected chi connectivity index (χ0v) is 12.7. The number of benzene rings is 1. The van der Waals surface area contributed by atoms with E-state index in [0.29, 0.717) is 6.54 Å². The van der Waals surface area contributed by atoms with Gasteiger partial charge in [0.1, 0.15) is 0 Å². The molecule has 3 unspecified atom stereocenters. The molecule has 0 radical (unpaired) electrons. The van der Waals surface area contributed by atoms with Crippen molar-refractivity contribution in [2.24, 2.45) is 11.7 Å². The van der Waals surface area contributed by atoms with Gasteiger partial charge in [0, 0.05) is 25.3 Å². The summed E-state index contributed by atoms with van der Waals surface area (Å²) in [6, 6.07) is 7.38. The molecule has 0 aromatic heterocycles. The van der Waals surface area contributed by atoms with Gasteiger partial charge in [-0.25, -0.2) is 0 Å². The summed E-state index contributed by atoms with van der Waals surface area (Å²) in [6.07, 6.45) is 0.472. The van der Waals surface area contributed by atoms with Crippen LogP contribution in [0.4, 0.5) is 5.69 Å². The molecule has 1 fully saturated rings. The van der Waals surface area contributed by atoms with E-state index < -0.39 is 0 Å².